The number of amides is 1. The van der Waals surface area contributed by atoms with Crippen molar-refractivity contribution in [3.8, 4) is 0 Å². The van der Waals surface area contributed by atoms with Crippen molar-refractivity contribution >= 4 is 11.9 Å². The zero-order chi connectivity index (χ0) is 12.2. The Labute approximate surface area is 94.8 Å². The molecule has 0 aliphatic carbocycles. The molecule has 5 heteroatoms. The molecule has 0 saturated carbocycles. The van der Waals surface area contributed by atoms with E-state index in [0.717, 1.165) is 6.42 Å². The van der Waals surface area contributed by atoms with E-state index in [-0.39, 0.29) is 12.3 Å². The molecule has 1 rings (SSSR count). The molecule has 0 aromatic heterocycles. The zero-order valence-corrected chi connectivity index (χ0v) is 9.83. The molecular weight excluding hydrogens is 210 g/mol. The Morgan fingerprint density at radius 2 is 2.19 bits per heavy atom. The van der Waals surface area contributed by atoms with Crippen LogP contribution in [0.5, 0.6) is 0 Å². The van der Waals surface area contributed by atoms with Crippen LogP contribution in [-0.4, -0.2) is 30.6 Å². The number of hydrogen-bond acceptors (Lipinski definition) is 4. The van der Waals surface area contributed by atoms with E-state index < -0.39 is 11.7 Å². The van der Waals surface area contributed by atoms with Crippen LogP contribution in [0.2, 0.25) is 0 Å². The predicted octanol–water partition coefficient (Wildman–Crippen LogP) is 1.38. The third kappa shape index (κ3) is 4.33. The fraction of sp³-hybridized carbons (Fsp3) is 0.636. The van der Waals surface area contributed by atoms with E-state index in [1.165, 1.54) is 0 Å². The highest BCUT2D eigenvalue weighted by Gasteiger charge is 2.19. The average Bonchev–Trinajstić information content (AvgIpc) is 2.64. The lowest BCUT2D eigenvalue weighted by Crippen LogP contribution is -2.35. The number of carbonyl (C=O) groups is 2. The summed E-state index contributed by atoms with van der Waals surface area (Å²) in [6.45, 7) is 5.72. The van der Waals surface area contributed by atoms with E-state index >= 15 is 0 Å². The maximum Gasteiger partial charge on any atom is 0.408 e. The highest BCUT2D eigenvalue weighted by molar-refractivity contribution is 5.96. The minimum Gasteiger partial charge on any atom is -0.490 e. The van der Waals surface area contributed by atoms with Gasteiger partial charge in [0.25, 0.3) is 0 Å². The summed E-state index contributed by atoms with van der Waals surface area (Å²) in [5, 5.41) is 2.38. The van der Waals surface area contributed by atoms with E-state index in [1.54, 1.807) is 26.8 Å². The van der Waals surface area contributed by atoms with Crippen molar-refractivity contribution < 1.29 is 19.1 Å². The van der Waals surface area contributed by atoms with Gasteiger partial charge in [-0.05, 0) is 26.8 Å². The molecule has 0 atom stereocenters. The molecule has 90 valence electrons. The van der Waals surface area contributed by atoms with Crippen molar-refractivity contribution in [1.82, 2.24) is 5.32 Å². The smallest absolute Gasteiger partial charge is 0.408 e. The second-order valence-corrected chi connectivity index (χ2v) is 4.48. The van der Waals surface area contributed by atoms with E-state index in [9.17, 15) is 9.59 Å². The summed E-state index contributed by atoms with van der Waals surface area (Å²) >= 11 is 0. The zero-order valence-electron chi connectivity index (χ0n) is 9.83. The lowest BCUT2D eigenvalue weighted by atomic mass is 10.2. The van der Waals surface area contributed by atoms with E-state index in [1.807, 2.05) is 0 Å². The number of ether oxygens (including phenoxy) is 2. The third-order valence-corrected chi connectivity index (χ3v) is 1.77. The summed E-state index contributed by atoms with van der Waals surface area (Å²) in [4.78, 5) is 22.7. The second-order valence-electron chi connectivity index (χ2n) is 4.48. The molecule has 0 fully saturated rings. The lowest BCUT2D eigenvalue weighted by molar-refractivity contribution is -0.117. The second kappa shape index (κ2) is 5.01. The molecule has 1 aliphatic heterocycles. The first-order valence-corrected chi connectivity index (χ1v) is 5.21. The molecule has 16 heavy (non-hydrogen) atoms. The first-order chi connectivity index (χ1) is 7.38. The predicted molar refractivity (Wildman–Crippen MR) is 57.9 cm³/mol. The summed E-state index contributed by atoms with van der Waals surface area (Å²) in [6, 6.07) is 0. The van der Waals surface area contributed by atoms with Crippen LogP contribution in [0, 0.1) is 0 Å². The fourth-order valence-electron chi connectivity index (χ4n) is 1.17. The molecule has 1 aliphatic rings. The van der Waals surface area contributed by atoms with Gasteiger partial charge in [0, 0.05) is 6.42 Å². The first kappa shape index (κ1) is 12.5. The van der Waals surface area contributed by atoms with Crippen LogP contribution in [0.4, 0.5) is 4.79 Å². The molecule has 5 nitrogen and oxygen atoms in total. The van der Waals surface area contributed by atoms with Gasteiger partial charge in [0.05, 0.1) is 13.2 Å². The maximum absolute atomic E-state index is 11.5. The summed E-state index contributed by atoms with van der Waals surface area (Å²) in [5.74, 6) is 0.0967. The van der Waals surface area contributed by atoms with E-state index in [4.69, 9.17) is 9.47 Å². The highest BCUT2D eigenvalue weighted by atomic mass is 16.6. The van der Waals surface area contributed by atoms with Crippen LogP contribution in [0.1, 0.15) is 27.2 Å². The number of rotatable bonds is 3. The van der Waals surface area contributed by atoms with Crippen LogP contribution >= 0.6 is 0 Å². The number of hydrogen-bond donors (Lipinski definition) is 1. The van der Waals surface area contributed by atoms with Gasteiger partial charge in [-0.15, -0.1) is 0 Å². The molecular formula is C11H17NO4. The van der Waals surface area contributed by atoms with Crippen LogP contribution in [0.15, 0.2) is 11.8 Å². The molecule has 0 aromatic rings. The van der Waals surface area contributed by atoms with Crippen molar-refractivity contribution in [1.29, 1.82) is 0 Å². The Balaban J connectivity index is 2.29. The first-order valence-electron chi connectivity index (χ1n) is 5.21. The summed E-state index contributed by atoms with van der Waals surface area (Å²) in [7, 11) is 0. The normalized spacial score (nSPS) is 15.1. The molecule has 0 aromatic carbocycles. The van der Waals surface area contributed by atoms with Crippen molar-refractivity contribution in [2.45, 2.75) is 32.8 Å². The maximum atomic E-state index is 11.5. The van der Waals surface area contributed by atoms with Gasteiger partial charge in [-0.3, -0.25) is 4.79 Å². The lowest BCUT2D eigenvalue weighted by Gasteiger charge is -2.19. The standard InChI is InChI=1S/C11H17NO4/c1-11(2,3)16-10(14)12-7-8(13)9-5-4-6-15-9/h5H,4,6-7H2,1-3H3,(H,12,14). The third-order valence-electron chi connectivity index (χ3n) is 1.77. The van der Waals surface area contributed by atoms with Gasteiger partial charge in [-0.25, -0.2) is 4.79 Å². The van der Waals surface area contributed by atoms with Crippen LogP contribution < -0.4 is 5.32 Å². The minimum atomic E-state index is -0.598. The highest BCUT2D eigenvalue weighted by Crippen LogP contribution is 2.10. The van der Waals surface area contributed by atoms with Gasteiger partial charge < -0.3 is 14.8 Å². The van der Waals surface area contributed by atoms with Crippen molar-refractivity contribution in [3.63, 3.8) is 0 Å². The molecule has 0 spiro atoms. The van der Waals surface area contributed by atoms with Crippen LogP contribution in [-0.2, 0) is 14.3 Å². The molecule has 0 radical (unpaired) electrons. The van der Waals surface area contributed by atoms with Gasteiger partial charge in [0.15, 0.2) is 5.76 Å². The van der Waals surface area contributed by atoms with Gasteiger partial charge in [-0.2, -0.15) is 0 Å². The Morgan fingerprint density at radius 3 is 2.69 bits per heavy atom. The summed E-state index contributed by atoms with van der Waals surface area (Å²) < 4.78 is 10.1. The summed E-state index contributed by atoms with van der Waals surface area (Å²) in [6.07, 6.45) is 1.87. The Hall–Kier alpha value is -1.52. The van der Waals surface area contributed by atoms with Crippen molar-refractivity contribution in [3.05, 3.63) is 11.8 Å². The molecule has 1 heterocycles. The molecule has 0 unspecified atom stereocenters. The number of alkyl carbamates (subject to hydrolysis) is 1. The average molecular weight is 227 g/mol. The molecule has 1 N–H and O–H groups in total. The monoisotopic (exact) mass is 227 g/mol. The number of Topliss-reactive ketones (excluding diaryl/α,β-unsaturated/α-hetero) is 1. The Bertz CT molecular complexity index is 314. The van der Waals surface area contributed by atoms with Gasteiger partial charge in [0.1, 0.15) is 5.60 Å². The van der Waals surface area contributed by atoms with Crippen LogP contribution in [0.3, 0.4) is 0 Å². The summed E-state index contributed by atoms with van der Waals surface area (Å²) in [5.41, 5.74) is -0.559. The fourth-order valence-corrected chi connectivity index (χ4v) is 1.17. The largest absolute Gasteiger partial charge is 0.490 e. The van der Waals surface area contributed by atoms with E-state index in [2.05, 4.69) is 5.32 Å². The molecule has 0 bridgehead atoms. The van der Waals surface area contributed by atoms with Crippen molar-refractivity contribution in [2.75, 3.05) is 13.2 Å². The van der Waals surface area contributed by atoms with Gasteiger partial charge in [0.2, 0.25) is 5.78 Å². The number of carbonyl (C=O) groups excluding carboxylic acids is 2. The number of ketones is 1. The topological polar surface area (TPSA) is 64.6 Å². The van der Waals surface area contributed by atoms with Gasteiger partial charge >= 0.3 is 6.09 Å². The van der Waals surface area contributed by atoms with Gasteiger partial charge in [-0.1, -0.05) is 0 Å². The SMILES string of the molecule is CC(C)(C)OC(=O)NCC(=O)C1=CCCO1. The number of nitrogens with one attached hydrogen (secondary N) is 1. The quantitative estimate of drug-likeness (QED) is 0.791. The molecule has 0 saturated heterocycles. The Morgan fingerprint density at radius 1 is 1.50 bits per heavy atom. The van der Waals surface area contributed by atoms with Crippen molar-refractivity contribution in [2.24, 2.45) is 0 Å². The Kier molecular flexibility index (Phi) is 3.93. The van der Waals surface area contributed by atoms with Crippen LogP contribution in [0.25, 0.3) is 0 Å². The van der Waals surface area contributed by atoms with E-state index in [0.29, 0.717) is 12.4 Å². The minimum absolute atomic E-state index is 0.0965. The molecule has 1 amide bonds.